The first kappa shape index (κ1) is 74.5. The number of nitrogens with zero attached hydrogens (tertiary/aromatic N) is 1. The van der Waals surface area contributed by atoms with E-state index in [0.717, 1.165) is 4.90 Å². The average Bonchev–Trinajstić information content (AvgIpc) is 4.13. The number of hydrogen-bond donors (Lipinski definition) is 15. The number of carbonyl (C=O) groups is 13. The van der Waals surface area contributed by atoms with Gasteiger partial charge in [0.05, 0.1) is 18.9 Å². The molecule has 492 valence electrons. The third-order valence-electron chi connectivity index (χ3n) is 15.1. The van der Waals surface area contributed by atoms with Crippen LogP contribution >= 0.6 is 0 Å². The van der Waals surface area contributed by atoms with Crippen molar-refractivity contribution in [1.82, 2.24) is 52.8 Å². The maximum atomic E-state index is 14.6. The Morgan fingerprint density at radius 1 is 0.551 bits per heavy atom. The molecule has 1 aliphatic heterocycles. The van der Waals surface area contributed by atoms with Gasteiger partial charge in [-0.2, -0.15) is 0 Å². The van der Waals surface area contributed by atoms with Gasteiger partial charge in [0.1, 0.15) is 66.7 Å². The van der Waals surface area contributed by atoms with E-state index in [-0.39, 0.29) is 63.3 Å². The second-order valence-electron chi connectivity index (χ2n) is 23.3. The van der Waals surface area contributed by atoms with Crippen molar-refractivity contribution in [3.63, 3.8) is 0 Å². The second-order valence-corrected chi connectivity index (χ2v) is 23.3. The number of aromatic hydroxyl groups is 1. The van der Waals surface area contributed by atoms with Crippen molar-refractivity contribution in [2.45, 2.75) is 180 Å². The van der Waals surface area contributed by atoms with Crippen molar-refractivity contribution in [2.24, 2.45) is 40.9 Å². The van der Waals surface area contributed by atoms with E-state index in [2.05, 4.69) is 47.9 Å². The summed E-state index contributed by atoms with van der Waals surface area (Å²) in [4.78, 5) is 177. The van der Waals surface area contributed by atoms with Gasteiger partial charge in [0.15, 0.2) is 0 Å². The van der Waals surface area contributed by atoms with Crippen molar-refractivity contribution >= 4 is 76.9 Å². The number of amides is 11. The van der Waals surface area contributed by atoms with Crippen LogP contribution in [0.5, 0.6) is 5.75 Å². The van der Waals surface area contributed by atoms with E-state index >= 15 is 0 Å². The van der Waals surface area contributed by atoms with Gasteiger partial charge in [-0.15, -0.1) is 0 Å². The minimum Gasteiger partial charge on any atom is -0.508 e. The van der Waals surface area contributed by atoms with Gasteiger partial charge >= 0.3 is 11.9 Å². The van der Waals surface area contributed by atoms with Crippen LogP contribution in [0.15, 0.2) is 54.6 Å². The van der Waals surface area contributed by atoms with Gasteiger partial charge in [-0.25, -0.2) is 0 Å². The summed E-state index contributed by atoms with van der Waals surface area (Å²) in [6, 6.07) is 0.313. The van der Waals surface area contributed by atoms with E-state index in [0.29, 0.717) is 24.0 Å². The zero-order chi connectivity index (χ0) is 66.8. The van der Waals surface area contributed by atoms with Gasteiger partial charge in [-0.1, -0.05) is 104 Å². The number of unbranched alkanes of at least 4 members (excludes halogenated alkanes) is 1. The predicted molar refractivity (Wildman–Crippen MR) is 324 cm³/mol. The maximum Gasteiger partial charge on any atom is 0.322 e. The van der Waals surface area contributed by atoms with Crippen LogP contribution in [0, 0.1) is 23.7 Å². The highest BCUT2D eigenvalue weighted by atomic mass is 16.4. The second kappa shape index (κ2) is 36.5. The Kier molecular flexibility index (Phi) is 30.6. The van der Waals surface area contributed by atoms with E-state index < -0.39 is 174 Å². The molecule has 1 saturated heterocycles. The van der Waals surface area contributed by atoms with Gasteiger partial charge in [0, 0.05) is 19.4 Å². The van der Waals surface area contributed by atoms with E-state index in [1.54, 1.807) is 85.7 Å². The zero-order valence-electron chi connectivity index (χ0n) is 51.8. The number of phenolic OH excluding ortho intramolecular Hbond substituents is 1. The summed E-state index contributed by atoms with van der Waals surface area (Å²) in [5, 5.41) is 51.8. The highest BCUT2D eigenvalue weighted by molar-refractivity contribution is 6.00. The van der Waals surface area contributed by atoms with Gasteiger partial charge in [0.25, 0.3) is 0 Å². The normalized spacial score (nSPS) is 16.3. The zero-order valence-corrected chi connectivity index (χ0v) is 51.8. The van der Waals surface area contributed by atoms with Gasteiger partial charge in [0.2, 0.25) is 65.0 Å². The van der Waals surface area contributed by atoms with Crippen LogP contribution < -0.4 is 65.1 Å². The Morgan fingerprint density at radius 3 is 1.57 bits per heavy atom. The first-order valence-corrected chi connectivity index (χ1v) is 29.9. The molecule has 89 heavy (non-hydrogen) atoms. The van der Waals surface area contributed by atoms with Crippen molar-refractivity contribution < 1.29 is 77.6 Å². The lowest BCUT2D eigenvalue weighted by Gasteiger charge is -2.32. The van der Waals surface area contributed by atoms with Gasteiger partial charge in [-0.05, 0) is 85.6 Å². The monoisotopic (exact) mass is 1250 g/mol. The molecule has 0 aliphatic carbocycles. The van der Waals surface area contributed by atoms with Crippen LogP contribution in [0.25, 0.3) is 0 Å². The van der Waals surface area contributed by atoms with Crippen LogP contribution in [-0.2, 0) is 75.2 Å². The van der Waals surface area contributed by atoms with E-state index in [1.165, 1.54) is 24.3 Å². The fourth-order valence-corrected chi connectivity index (χ4v) is 9.63. The Bertz CT molecular complexity index is 2790. The number of carboxylic acid groups (broad SMARTS) is 2. The number of nitrogens with one attached hydrogen (secondary N) is 9. The molecule has 1 aliphatic rings. The number of nitrogens with two attached hydrogens (primary N) is 3. The van der Waals surface area contributed by atoms with Crippen molar-refractivity contribution in [2.75, 3.05) is 19.6 Å². The Hall–Kier alpha value is -8.73. The van der Waals surface area contributed by atoms with Crippen LogP contribution in [0.1, 0.15) is 118 Å². The fourth-order valence-electron chi connectivity index (χ4n) is 9.63. The molecule has 0 unspecified atom stereocenters. The summed E-state index contributed by atoms with van der Waals surface area (Å²) >= 11 is 0. The smallest absolute Gasteiger partial charge is 0.322 e. The topological polar surface area (TPSA) is 472 Å². The molecular weight excluding hydrogens is 1160 g/mol. The van der Waals surface area contributed by atoms with Crippen LogP contribution in [0.4, 0.5) is 0 Å². The fraction of sp³-hybridized carbons (Fsp3) is 0.583. The minimum atomic E-state index is -1.69. The molecule has 29 heteroatoms. The number of carbonyl (C=O) groups excluding carboxylic acids is 11. The third-order valence-corrected chi connectivity index (χ3v) is 15.1. The molecule has 18 N–H and O–H groups in total. The summed E-state index contributed by atoms with van der Waals surface area (Å²) in [6.45, 7) is 12.5. The van der Waals surface area contributed by atoms with Gasteiger partial charge < -0.3 is 85.3 Å². The summed E-state index contributed by atoms with van der Waals surface area (Å²) in [5.74, 6) is -14.9. The number of carboxylic acids is 2. The van der Waals surface area contributed by atoms with E-state index in [1.807, 2.05) is 0 Å². The lowest BCUT2D eigenvalue weighted by Crippen LogP contribution is -2.62. The minimum absolute atomic E-state index is 0.0133. The number of likely N-dealkylation sites (tertiary alicyclic amines) is 1. The highest BCUT2D eigenvalue weighted by Gasteiger charge is 2.42. The molecule has 2 aromatic carbocycles. The summed E-state index contributed by atoms with van der Waals surface area (Å²) in [6.07, 6.45) is -0.563. The van der Waals surface area contributed by atoms with Crippen LogP contribution in [0.3, 0.4) is 0 Å². The van der Waals surface area contributed by atoms with Crippen LogP contribution in [-0.4, -0.2) is 177 Å². The maximum absolute atomic E-state index is 14.6. The number of hydrogen-bond acceptors (Lipinski definition) is 16. The Labute approximate surface area is 517 Å². The number of aliphatic carboxylic acids is 2. The lowest BCUT2D eigenvalue weighted by atomic mass is 9.95. The highest BCUT2D eigenvalue weighted by Crippen LogP contribution is 2.22. The largest absolute Gasteiger partial charge is 0.508 e. The molecule has 0 radical (unpaired) electrons. The van der Waals surface area contributed by atoms with Crippen molar-refractivity contribution in [3.05, 3.63) is 65.7 Å². The lowest BCUT2D eigenvalue weighted by molar-refractivity contribution is -0.143. The molecule has 3 rings (SSSR count). The molecule has 0 bridgehead atoms. The quantitative estimate of drug-likeness (QED) is 0.0328. The SMILES string of the molecule is CC[C@H](C)[C@H](NC(=O)[C@@H](NC(=O)[C@@H](NC(=O)[C@H](CCCCN)NC(=O)[C@H](CC(=O)O)NC(=O)[C@@H](N)C(C)C)C(C)C)C(C)C)C(=O)N[C@@H](CC(N)=O)C(=O)N1CCC[C@H]1C(=O)N[C@@H](Cc1ccc(O)cc1)C(=O)N[C@@H](Cc1ccccc1)C(=O)NCC(=O)O. The molecule has 11 amide bonds. The molecule has 1 fully saturated rings. The summed E-state index contributed by atoms with van der Waals surface area (Å²) in [5.41, 5.74) is 18.3. The van der Waals surface area contributed by atoms with Gasteiger partial charge in [-0.3, -0.25) is 62.3 Å². The van der Waals surface area contributed by atoms with E-state index in [9.17, 15) is 77.6 Å². The van der Waals surface area contributed by atoms with Crippen molar-refractivity contribution in [3.8, 4) is 5.75 Å². The molecular formula is C60H91N13O16. The molecule has 29 nitrogen and oxygen atoms in total. The average molecular weight is 1250 g/mol. The van der Waals surface area contributed by atoms with E-state index in [4.69, 9.17) is 17.2 Å². The predicted octanol–water partition coefficient (Wildman–Crippen LogP) is -1.93. The summed E-state index contributed by atoms with van der Waals surface area (Å²) in [7, 11) is 0. The van der Waals surface area contributed by atoms with Crippen molar-refractivity contribution in [1.29, 1.82) is 0 Å². The molecule has 11 atom stereocenters. The Morgan fingerprint density at radius 2 is 1.04 bits per heavy atom. The number of benzene rings is 2. The third kappa shape index (κ3) is 24.4. The molecule has 0 aromatic heterocycles. The number of primary amides is 1. The number of rotatable bonds is 37. The molecule has 2 aromatic rings. The first-order chi connectivity index (χ1) is 41.9. The molecule has 0 spiro atoms. The first-order valence-electron chi connectivity index (χ1n) is 29.9. The standard InChI is InChI=1S/C60H91N13O16/c1-9-34(8)50(72-58(87)49(33(6)7)71-57(86)48(32(4)5)70-52(81)38(18-13-14-24-61)65-54(83)41(29-45(76)77)68-56(85)47(63)31(2)3)59(88)69-42(28-44(62)75)60(89)73-25-15-19-43(73)55(84)67-40(27-36-20-22-37(74)23-21-36)53(82)66-39(51(80)64-30-46(78)79)26-35-16-11-10-12-17-35/h10-12,16-17,20-23,31-34,38-43,47-50,74H,9,13-15,18-19,24-30,61,63H2,1-8H3,(H2,62,75)(H,64,80)(H,65,83)(H,66,82)(H,67,84)(H,68,85)(H,69,88)(H,70,81)(H,71,86)(H,72,87)(H,76,77)(H,78,79)/t34-,38-,39-,40-,41-,42-,43-,47-,48-,49-,50-/m0/s1. The Balaban J connectivity index is 1.88. The van der Waals surface area contributed by atoms with Crippen LogP contribution in [0.2, 0.25) is 0 Å². The molecule has 0 saturated carbocycles. The summed E-state index contributed by atoms with van der Waals surface area (Å²) < 4.78 is 0. The number of phenols is 1. The molecule has 1 heterocycles.